The second-order valence-corrected chi connectivity index (χ2v) is 14.2. The predicted molar refractivity (Wildman–Crippen MR) is 215 cm³/mol. The summed E-state index contributed by atoms with van der Waals surface area (Å²) < 4.78 is 50.1. The highest BCUT2D eigenvalue weighted by Gasteiger charge is 2.48. The van der Waals surface area contributed by atoms with Crippen molar-refractivity contribution in [1.82, 2.24) is 4.90 Å². The molecule has 5 unspecified atom stereocenters. The molecule has 5 aromatic carbocycles. The van der Waals surface area contributed by atoms with Crippen LogP contribution in [0.25, 0.3) is 10.8 Å². The summed E-state index contributed by atoms with van der Waals surface area (Å²) in [6, 6.07) is 44.1. The third-order valence-electron chi connectivity index (χ3n) is 9.65. The molecule has 0 aliphatic carbocycles. The highest BCUT2D eigenvalue weighted by molar-refractivity contribution is 5.82. The van der Waals surface area contributed by atoms with E-state index >= 15 is 0 Å². The van der Waals surface area contributed by atoms with Gasteiger partial charge in [0.25, 0.3) is 0 Å². The van der Waals surface area contributed by atoms with Crippen LogP contribution in [0.15, 0.2) is 133 Å². The predicted octanol–water partition coefficient (Wildman–Crippen LogP) is 6.93. The molecule has 11 nitrogen and oxygen atoms in total. The Balaban J connectivity index is 1.29. The van der Waals surface area contributed by atoms with E-state index in [0.717, 1.165) is 33.0 Å². The van der Waals surface area contributed by atoms with E-state index in [9.17, 15) is 9.90 Å². The summed E-state index contributed by atoms with van der Waals surface area (Å²) in [5, 5.41) is 13.4. The lowest BCUT2D eigenvalue weighted by Gasteiger charge is -2.34. The van der Waals surface area contributed by atoms with Gasteiger partial charge in [-0.05, 0) is 39.1 Å². The van der Waals surface area contributed by atoms with Crippen LogP contribution in [0, 0.1) is 0 Å². The van der Waals surface area contributed by atoms with Crippen molar-refractivity contribution in [3.8, 4) is 0 Å². The molecule has 0 aromatic heterocycles. The monoisotopic (exact) mass is 779 g/mol. The molecule has 1 N–H and O–H groups in total. The fourth-order valence-electron chi connectivity index (χ4n) is 6.55. The lowest BCUT2D eigenvalue weighted by Crippen LogP contribution is -2.48. The number of fused-ring (bicyclic) bond motifs is 1. The van der Waals surface area contributed by atoms with Crippen molar-refractivity contribution in [2.45, 2.75) is 69.3 Å². The van der Waals surface area contributed by atoms with Gasteiger partial charge in [0.1, 0.15) is 30.5 Å². The summed E-state index contributed by atoms with van der Waals surface area (Å²) in [4.78, 5) is 14.0. The number of benzene rings is 5. The molecular weight excluding hydrogens is 727 g/mol. The molecule has 1 aliphatic heterocycles. The minimum absolute atomic E-state index is 0.0672. The molecule has 1 fully saturated rings. The Morgan fingerprint density at radius 1 is 0.667 bits per heavy atom. The number of aliphatic hydroxyl groups is 1. The van der Waals surface area contributed by atoms with Gasteiger partial charge in [-0.25, -0.2) is 4.79 Å². The van der Waals surface area contributed by atoms with Crippen LogP contribution in [0.5, 0.6) is 0 Å². The van der Waals surface area contributed by atoms with Gasteiger partial charge in [-0.15, -0.1) is 0 Å². The molecule has 0 spiro atoms. The Morgan fingerprint density at radius 3 is 1.79 bits per heavy atom. The Bertz CT molecular complexity index is 1910. The number of hydrogen-bond donors (Lipinski definition) is 1. The number of carbonyl (C=O) groups excluding carboxylic acids is 1. The first-order chi connectivity index (χ1) is 27.9. The quantitative estimate of drug-likeness (QED) is 0.0842. The van der Waals surface area contributed by atoms with Gasteiger partial charge >= 0.3 is 6.09 Å². The summed E-state index contributed by atoms with van der Waals surface area (Å²) in [5.74, 6) is 0. The molecule has 1 heterocycles. The maximum atomic E-state index is 12.7. The zero-order chi connectivity index (χ0) is 39.8. The first-order valence-electron chi connectivity index (χ1n) is 19.2. The molecule has 57 heavy (non-hydrogen) atoms. The average Bonchev–Trinajstić information content (AvgIpc) is 3.53. The molecule has 0 bridgehead atoms. The van der Waals surface area contributed by atoms with Crippen LogP contribution in [0.1, 0.15) is 22.3 Å². The fourth-order valence-corrected chi connectivity index (χ4v) is 6.55. The Labute approximate surface area is 334 Å². The van der Waals surface area contributed by atoms with Crippen molar-refractivity contribution in [1.29, 1.82) is 0 Å². The van der Waals surface area contributed by atoms with Crippen molar-refractivity contribution < 1.29 is 47.8 Å². The number of aliphatic hydroxyl groups excluding tert-OH is 1. The van der Waals surface area contributed by atoms with Crippen molar-refractivity contribution in [3.63, 3.8) is 0 Å². The van der Waals surface area contributed by atoms with Gasteiger partial charge in [-0.3, -0.25) is 0 Å². The van der Waals surface area contributed by atoms with Crippen LogP contribution in [0.2, 0.25) is 0 Å². The standard InChI is InChI=1S/C46H53NO10/c1-47(2)46(49)57-44-42(48)39(30-50-3)56-45(44)55-32-41(53-28-34-17-9-5-10-18-34)43(54-29-35-19-11-6-12-20-35)40(52-27-33-15-7-4-8-16-33)31-51-26-36-23-24-37-21-13-14-22-38(37)25-36/h4-25,39-45,48H,26-32H2,1-3H3/t39-,40?,41?,42?,43?,44?,45-/m1/s1. The molecule has 11 heteroatoms. The topological polar surface area (TPSA) is 114 Å². The van der Waals surface area contributed by atoms with Crippen LogP contribution in [-0.4, -0.2) is 100 Å². The van der Waals surface area contributed by atoms with Crippen LogP contribution < -0.4 is 0 Å². The molecule has 1 aliphatic rings. The van der Waals surface area contributed by atoms with E-state index in [-0.39, 0.29) is 33.0 Å². The zero-order valence-electron chi connectivity index (χ0n) is 32.8. The third kappa shape index (κ3) is 12.4. The SMILES string of the molecule is COC[C@H]1O[C@@H](OCC(OCc2ccccc2)C(OCc2ccccc2)C(COCc2ccc3ccccc3c2)OCc2ccccc2)C(OC(=O)N(C)C)C1O. The molecule has 1 amide bonds. The maximum Gasteiger partial charge on any atom is 0.409 e. The van der Waals surface area contributed by atoms with Crippen LogP contribution >= 0.6 is 0 Å². The van der Waals surface area contributed by atoms with Gasteiger partial charge < -0.3 is 47.9 Å². The largest absolute Gasteiger partial charge is 0.438 e. The van der Waals surface area contributed by atoms with E-state index in [1.165, 1.54) is 12.0 Å². The van der Waals surface area contributed by atoms with Gasteiger partial charge in [0.05, 0.1) is 46.2 Å². The lowest BCUT2D eigenvalue weighted by atomic mass is 10.1. The molecule has 0 radical (unpaired) electrons. The lowest BCUT2D eigenvalue weighted by molar-refractivity contribution is -0.218. The van der Waals surface area contributed by atoms with E-state index in [1.807, 2.05) is 103 Å². The number of nitrogens with zero attached hydrogens (tertiary/aromatic N) is 1. The average molecular weight is 780 g/mol. The van der Waals surface area contributed by atoms with Crippen molar-refractivity contribution in [3.05, 3.63) is 156 Å². The smallest absolute Gasteiger partial charge is 0.409 e. The fraction of sp³-hybridized carbons (Fsp3) is 0.370. The van der Waals surface area contributed by atoms with Crippen LogP contribution in [0.4, 0.5) is 4.79 Å². The van der Waals surface area contributed by atoms with E-state index in [1.54, 1.807) is 14.1 Å². The van der Waals surface area contributed by atoms with Crippen molar-refractivity contribution in [2.75, 3.05) is 41.0 Å². The summed E-state index contributed by atoms with van der Waals surface area (Å²) >= 11 is 0. The Kier molecular flexibility index (Phi) is 16.0. The first kappa shape index (κ1) is 41.9. The summed E-state index contributed by atoms with van der Waals surface area (Å²) in [6.07, 6.45) is -7.03. The van der Waals surface area contributed by atoms with Gasteiger partial charge in [0, 0.05) is 21.2 Å². The number of carbonyl (C=O) groups is 1. The first-order valence-corrected chi connectivity index (χ1v) is 19.2. The van der Waals surface area contributed by atoms with E-state index in [4.69, 9.17) is 37.9 Å². The van der Waals surface area contributed by atoms with E-state index < -0.39 is 49.0 Å². The van der Waals surface area contributed by atoms with Crippen LogP contribution in [0.3, 0.4) is 0 Å². The van der Waals surface area contributed by atoms with E-state index in [2.05, 4.69) is 30.3 Å². The highest BCUT2D eigenvalue weighted by Crippen LogP contribution is 2.28. The number of amides is 1. The molecule has 5 aromatic rings. The Hall–Kier alpha value is -4.69. The summed E-state index contributed by atoms with van der Waals surface area (Å²) in [5.41, 5.74) is 3.92. The maximum absolute atomic E-state index is 12.7. The second-order valence-electron chi connectivity index (χ2n) is 14.2. The normalized spacial score (nSPS) is 19.6. The number of ether oxygens (including phenoxy) is 8. The highest BCUT2D eigenvalue weighted by atomic mass is 16.7. The van der Waals surface area contributed by atoms with Crippen molar-refractivity contribution in [2.24, 2.45) is 0 Å². The van der Waals surface area contributed by atoms with Crippen molar-refractivity contribution >= 4 is 16.9 Å². The summed E-state index contributed by atoms with van der Waals surface area (Å²) in [6.45, 7) is 1.30. The third-order valence-corrected chi connectivity index (χ3v) is 9.65. The molecule has 1 saturated heterocycles. The van der Waals surface area contributed by atoms with Gasteiger partial charge in [-0.2, -0.15) is 0 Å². The van der Waals surface area contributed by atoms with Gasteiger partial charge in [0.2, 0.25) is 0 Å². The molecular formula is C46H53NO10. The molecule has 7 atom stereocenters. The Morgan fingerprint density at radius 2 is 1.21 bits per heavy atom. The molecule has 0 saturated carbocycles. The summed E-state index contributed by atoms with van der Waals surface area (Å²) in [7, 11) is 4.63. The number of hydrogen-bond acceptors (Lipinski definition) is 10. The second kappa shape index (κ2) is 21.7. The van der Waals surface area contributed by atoms with Crippen LogP contribution in [-0.2, 0) is 64.3 Å². The minimum Gasteiger partial charge on any atom is -0.438 e. The number of methoxy groups -OCH3 is 1. The van der Waals surface area contributed by atoms with E-state index in [0.29, 0.717) is 13.2 Å². The van der Waals surface area contributed by atoms with Gasteiger partial charge in [0.15, 0.2) is 12.4 Å². The minimum atomic E-state index is -1.20. The van der Waals surface area contributed by atoms with Gasteiger partial charge in [-0.1, -0.05) is 127 Å². The molecule has 6 rings (SSSR count). The zero-order valence-corrected chi connectivity index (χ0v) is 32.8. The number of rotatable bonds is 21. The molecule has 302 valence electrons.